The molecule has 0 unspecified atom stereocenters. The van der Waals surface area contributed by atoms with E-state index in [4.69, 9.17) is 0 Å². The molecule has 0 atom stereocenters. The van der Waals surface area contributed by atoms with E-state index in [0.717, 1.165) is 49.8 Å². The van der Waals surface area contributed by atoms with Crippen molar-refractivity contribution in [1.29, 1.82) is 0 Å². The van der Waals surface area contributed by atoms with Crippen LogP contribution in [0.25, 0.3) is 5.65 Å². The van der Waals surface area contributed by atoms with Gasteiger partial charge < -0.3 is 9.80 Å². The summed E-state index contributed by atoms with van der Waals surface area (Å²) in [4.78, 5) is 16.1. The summed E-state index contributed by atoms with van der Waals surface area (Å²) in [7, 11) is 0. The van der Waals surface area contributed by atoms with Gasteiger partial charge in [0.05, 0.1) is 11.9 Å². The summed E-state index contributed by atoms with van der Waals surface area (Å²) in [5.41, 5.74) is 1.80. The van der Waals surface area contributed by atoms with Crippen LogP contribution in [0.4, 0.5) is 5.69 Å². The number of piperazine rings is 1. The lowest BCUT2D eigenvalue weighted by molar-refractivity contribution is -0.131. The van der Waals surface area contributed by atoms with Crippen molar-refractivity contribution in [2.75, 3.05) is 31.1 Å². The van der Waals surface area contributed by atoms with Gasteiger partial charge in [-0.2, -0.15) is 9.61 Å². The highest BCUT2D eigenvalue weighted by Gasteiger charge is 2.21. The maximum absolute atomic E-state index is 11.9. The van der Waals surface area contributed by atoms with Crippen LogP contribution in [0.1, 0.15) is 25.6 Å². The van der Waals surface area contributed by atoms with Crippen LogP contribution in [0.5, 0.6) is 0 Å². The van der Waals surface area contributed by atoms with Gasteiger partial charge in [0, 0.05) is 38.7 Å². The van der Waals surface area contributed by atoms with E-state index in [9.17, 15) is 4.79 Å². The second-order valence-corrected chi connectivity index (χ2v) is 5.35. The van der Waals surface area contributed by atoms with Crippen LogP contribution >= 0.6 is 0 Å². The molecule has 0 bridgehead atoms. The maximum atomic E-state index is 11.9. The molecular formula is C14H20N6O. The Kier molecular flexibility index (Phi) is 3.72. The normalized spacial score (nSPS) is 15.7. The van der Waals surface area contributed by atoms with E-state index in [-0.39, 0.29) is 5.91 Å². The highest BCUT2D eigenvalue weighted by atomic mass is 16.2. The second-order valence-electron chi connectivity index (χ2n) is 5.35. The number of nitrogens with zero attached hydrogens (tertiary/aromatic N) is 6. The van der Waals surface area contributed by atoms with Crippen molar-refractivity contribution in [3.63, 3.8) is 0 Å². The summed E-state index contributed by atoms with van der Waals surface area (Å²) in [6, 6.07) is 2.00. The summed E-state index contributed by atoms with van der Waals surface area (Å²) >= 11 is 0. The summed E-state index contributed by atoms with van der Waals surface area (Å²) in [6.45, 7) is 7.13. The summed E-state index contributed by atoms with van der Waals surface area (Å²) in [6.07, 6.45) is 3.39. The lowest BCUT2D eigenvalue weighted by Gasteiger charge is -2.35. The minimum Gasteiger partial charge on any atom is -0.367 e. The minimum absolute atomic E-state index is 0.263. The number of aromatic nitrogens is 4. The zero-order valence-corrected chi connectivity index (χ0v) is 12.5. The molecule has 2 aromatic rings. The second kappa shape index (κ2) is 5.67. The van der Waals surface area contributed by atoms with Crippen molar-refractivity contribution >= 4 is 17.2 Å². The molecule has 2 aromatic heterocycles. The molecule has 0 spiro atoms. The molecule has 0 aromatic carbocycles. The van der Waals surface area contributed by atoms with Crippen molar-refractivity contribution < 1.29 is 4.79 Å². The number of carbonyl (C=O) groups is 1. The van der Waals surface area contributed by atoms with Crippen molar-refractivity contribution in [3.05, 3.63) is 18.1 Å². The quantitative estimate of drug-likeness (QED) is 0.839. The molecular weight excluding hydrogens is 268 g/mol. The fourth-order valence-electron chi connectivity index (χ4n) is 2.65. The first-order valence-corrected chi connectivity index (χ1v) is 7.40. The van der Waals surface area contributed by atoms with E-state index in [0.29, 0.717) is 6.42 Å². The van der Waals surface area contributed by atoms with Crippen molar-refractivity contribution in [2.45, 2.75) is 26.7 Å². The SMILES string of the molecule is CCCC(=O)N1CCN(c2cnn3c(C)nnc3c2)CC1. The number of anilines is 1. The van der Waals surface area contributed by atoms with Gasteiger partial charge in [0.2, 0.25) is 5.91 Å². The van der Waals surface area contributed by atoms with E-state index < -0.39 is 0 Å². The van der Waals surface area contributed by atoms with Crippen LogP contribution in [0.2, 0.25) is 0 Å². The van der Waals surface area contributed by atoms with Gasteiger partial charge in [-0.15, -0.1) is 10.2 Å². The number of carbonyl (C=O) groups excluding carboxylic acids is 1. The number of rotatable bonds is 3. The highest BCUT2D eigenvalue weighted by Crippen LogP contribution is 2.17. The summed E-state index contributed by atoms with van der Waals surface area (Å²) in [5.74, 6) is 1.05. The van der Waals surface area contributed by atoms with E-state index in [1.54, 1.807) is 4.52 Å². The van der Waals surface area contributed by atoms with Crippen LogP contribution in [0, 0.1) is 6.92 Å². The Morgan fingerprint density at radius 1 is 1.24 bits per heavy atom. The molecule has 0 saturated carbocycles. The predicted octanol–water partition coefficient (Wildman–Crippen LogP) is 0.881. The number of amides is 1. The lowest BCUT2D eigenvalue weighted by Crippen LogP contribution is -2.48. The van der Waals surface area contributed by atoms with Gasteiger partial charge in [0.15, 0.2) is 11.5 Å². The van der Waals surface area contributed by atoms with Gasteiger partial charge in [-0.05, 0) is 13.3 Å². The third kappa shape index (κ3) is 2.68. The third-order valence-corrected chi connectivity index (χ3v) is 3.86. The summed E-state index contributed by atoms with van der Waals surface area (Å²) < 4.78 is 1.73. The first-order chi connectivity index (χ1) is 10.2. The molecule has 1 fully saturated rings. The topological polar surface area (TPSA) is 66.6 Å². The van der Waals surface area contributed by atoms with Crippen LogP contribution in [0.15, 0.2) is 12.3 Å². The fraction of sp³-hybridized carbons (Fsp3) is 0.571. The van der Waals surface area contributed by atoms with E-state index >= 15 is 0 Å². The number of fused-ring (bicyclic) bond motifs is 1. The average Bonchev–Trinajstić information content (AvgIpc) is 2.88. The first kappa shape index (κ1) is 13.8. The predicted molar refractivity (Wildman–Crippen MR) is 79.2 cm³/mol. The number of aryl methyl sites for hydroxylation is 1. The van der Waals surface area contributed by atoms with Gasteiger partial charge >= 0.3 is 0 Å². The molecule has 21 heavy (non-hydrogen) atoms. The van der Waals surface area contributed by atoms with E-state index in [1.165, 1.54) is 0 Å². The standard InChI is InChI=1S/C14H20N6O/c1-3-4-14(21)19-7-5-18(6-8-19)12-9-13-17-16-11(2)20(13)15-10-12/h9-10H,3-8H2,1-2H3. The zero-order valence-electron chi connectivity index (χ0n) is 12.5. The van der Waals surface area contributed by atoms with Crippen molar-refractivity contribution in [1.82, 2.24) is 24.7 Å². The Labute approximate surface area is 123 Å². The molecule has 0 radical (unpaired) electrons. The molecule has 1 saturated heterocycles. The van der Waals surface area contributed by atoms with E-state index in [1.807, 2.05) is 31.0 Å². The Bertz CT molecular complexity index is 644. The Morgan fingerprint density at radius 2 is 2.00 bits per heavy atom. The number of hydrogen-bond acceptors (Lipinski definition) is 5. The van der Waals surface area contributed by atoms with Gasteiger partial charge in [0.25, 0.3) is 0 Å². The maximum Gasteiger partial charge on any atom is 0.222 e. The number of hydrogen-bond donors (Lipinski definition) is 0. The lowest BCUT2D eigenvalue weighted by atomic mass is 10.2. The Morgan fingerprint density at radius 3 is 2.71 bits per heavy atom. The Balaban J connectivity index is 1.69. The third-order valence-electron chi connectivity index (χ3n) is 3.86. The molecule has 7 nitrogen and oxygen atoms in total. The summed E-state index contributed by atoms with van der Waals surface area (Å²) in [5, 5.41) is 12.5. The van der Waals surface area contributed by atoms with Crippen LogP contribution < -0.4 is 4.90 Å². The largest absolute Gasteiger partial charge is 0.367 e. The van der Waals surface area contributed by atoms with Gasteiger partial charge in [-0.1, -0.05) is 6.92 Å². The smallest absolute Gasteiger partial charge is 0.222 e. The average molecular weight is 288 g/mol. The molecule has 0 N–H and O–H groups in total. The first-order valence-electron chi connectivity index (χ1n) is 7.40. The minimum atomic E-state index is 0.263. The molecule has 3 heterocycles. The molecule has 1 aliphatic rings. The van der Waals surface area contributed by atoms with Gasteiger partial charge in [0.1, 0.15) is 0 Å². The molecule has 1 amide bonds. The monoisotopic (exact) mass is 288 g/mol. The molecule has 1 aliphatic heterocycles. The van der Waals surface area contributed by atoms with Crippen LogP contribution in [0.3, 0.4) is 0 Å². The van der Waals surface area contributed by atoms with Crippen molar-refractivity contribution in [3.8, 4) is 0 Å². The zero-order chi connectivity index (χ0) is 14.8. The van der Waals surface area contributed by atoms with Gasteiger partial charge in [-0.3, -0.25) is 4.79 Å². The molecule has 0 aliphatic carbocycles. The van der Waals surface area contributed by atoms with Gasteiger partial charge in [-0.25, -0.2) is 0 Å². The molecule has 3 rings (SSSR count). The highest BCUT2D eigenvalue weighted by molar-refractivity contribution is 5.76. The molecule has 112 valence electrons. The van der Waals surface area contributed by atoms with Crippen LogP contribution in [-0.4, -0.2) is 56.8 Å². The Hall–Kier alpha value is -2.18. The molecule has 7 heteroatoms. The van der Waals surface area contributed by atoms with Crippen molar-refractivity contribution in [2.24, 2.45) is 0 Å². The van der Waals surface area contributed by atoms with E-state index in [2.05, 4.69) is 20.2 Å². The van der Waals surface area contributed by atoms with Crippen LogP contribution in [-0.2, 0) is 4.79 Å². The fourth-order valence-corrected chi connectivity index (χ4v) is 2.65.